The van der Waals surface area contributed by atoms with Gasteiger partial charge in [0.1, 0.15) is 0 Å². The molecule has 0 radical (unpaired) electrons. The van der Waals surface area contributed by atoms with Gasteiger partial charge in [-0.1, -0.05) is 89.2 Å². The van der Waals surface area contributed by atoms with Crippen LogP contribution in [0.15, 0.2) is 24.3 Å². The summed E-state index contributed by atoms with van der Waals surface area (Å²) in [7, 11) is 0. The quantitative estimate of drug-likeness (QED) is 0.348. The Hall–Kier alpha value is -1.02. The molecule has 0 aliphatic rings. The van der Waals surface area contributed by atoms with Gasteiger partial charge in [0, 0.05) is 17.1 Å². The SMILES string of the molecule is CCCCCCCCCCCCCCC(=O)Nc1ccc(Cl)cc1. The Kier molecular flexibility index (Phi) is 12.6. The minimum Gasteiger partial charge on any atom is -0.326 e. The predicted molar refractivity (Wildman–Crippen MR) is 106 cm³/mol. The first kappa shape index (κ1) is 21.0. The summed E-state index contributed by atoms with van der Waals surface area (Å²) >= 11 is 5.83. The monoisotopic (exact) mass is 351 g/mol. The van der Waals surface area contributed by atoms with E-state index in [1.54, 1.807) is 12.1 Å². The third-order valence-electron chi connectivity index (χ3n) is 4.39. The van der Waals surface area contributed by atoms with E-state index >= 15 is 0 Å². The Morgan fingerprint density at radius 1 is 0.792 bits per heavy atom. The van der Waals surface area contributed by atoms with Gasteiger partial charge >= 0.3 is 0 Å². The number of rotatable bonds is 14. The van der Waals surface area contributed by atoms with Gasteiger partial charge in [0.2, 0.25) is 5.91 Å². The van der Waals surface area contributed by atoms with Crippen molar-refractivity contribution in [2.45, 2.75) is 90.4 Å². The molecule has 0 heterocycles. The Bertz CT molecular complexity index is 430. The zero-order valence-electron chi connectivity index (χ0n) is 15.3. The maximum atomic E-state index is 11.8. The highest BCUT2D eigenvalue weighted by molar-refractivity contribution is 6.30. The summed E-state index contributed by atoms with van der Waals surface area (Å²) in [6.45, 7) is 2.27. The van der Waals surface area contributed by atoms with E-state index in [2.05, 4.69) is 12.2 Å². The van der Waals surface area contributed by atoms with Crippen LogP contribution in [0, 0.1) is 0 Å². The molecule has 1 amide bonds. The van der Waals surface area contributed by atoms with Crippen LogP contribution >= 0.6 is 11.6 Å². The first-order chi connectivity index (χ1) is 11.7. The summed E-state index contributed by atoms with van der Waals surface area (Å²) in [6, 6.07) is 7.26. The molecular weight excluding hydrogens is 318 g/mol. The second kappa shape index (κ2) is 14.3. The predicted octanol–water partition coefficient (Wildman–Crippen LogP) is 7.37. The van der Waals surface area contributed by atoms with E-state index in [9.17, 15) is 4.79 Å². The fraction of sp³-hybridized carbons (Fsp3) is 0.667. The lowest BCUT2D eigenvalue weighted by Gasteiger charge is -2.05. The highest BCUT2D eigenvalue weighted by atomic mass is 35.5. The smallest absolute Gasteiger partial charge is 0.224 e. The van der Waals surface area contributed by atoms with E-state index in [1.165, 1.54) is 64.2 Å². The van der Waals surface area contributed by atoms with Crippen LogP contribution in [0.1, 0.15) is 90.4 Å². The maximum Gasteiger partial charge on any atom is 0.224 e. The van der Waals surface area contributed by atoms with Gasteiger partial charge in [0.25, 0.3) is 0 Å². The van der Waals surface area contributed by atoms with Crippen molar-refractivity contribution < 1.29 is 4.79 Å². The molecule has 0 atom stereocenters. The van der Waals surface area contributed by atoms with Gasteiger partial charge in [0.05, 0.1) is 0 Å². The summed E-state index contributed by atoms with van der Waals surface area (Å²) in [6.07, 6.45) is 16.4. The molecule has 0 aliphatic carbocycles. The Balaban J connectivity index is 1.87. The second-order valence-corrected chi connectivity index (χ2v) is 7.13. The fourth-order valence-corrected chi connectivity index (χ4v) is 3.01. The van der Waals surface area contributed by atoms with Crippen LogP contribution in [-0.2, 0) is 4.79 Å². The lowest BCUT2D eigenvalue weighted by atomic mass is 10.0. The van der Waals surface area contributed by atoms with Crippen molar-refractivity contribution in [3.05, 3.63) is 29.3 Å². The highest BCUT2D eigenvalue weighted by Crippen LogP contribution is 2.15. The largest absolute Gasteiger partial charge is 0.326 e. The third kappa shape index (κ3) is 11.5. The molecule has 1 aromatic carbocycles. The first-order valence-electron chi connectivity index (χ1n) is 9.78. The summed E-state index contributed by atoms with van der Waals surface area (Å²) in [4.78, 5) is 11.8. The van der Waals surface area contributed by atoms with Crippen molar-refractivity contribution in [3.8, 4) is 0 Å². The van der Waals surface area contributed by atoms with E-state index in [4.69, 9.17) is 11.6 Å². The van der Waals surface area contributed by atoms with Crippen LogP contribution < -0.4 is 5.32 Å². The van der Waals surface area contributed by atoms with Gasteiger partial charge in [-0.15, -0.1) is 0 Å². The highest BCUT2D eigenvalue weighted by Gasteiger charge is 2.02. The van der Waals surface area contributed by atoms with E-state index in [0.29, 0.717) is 11.4 Å². The number of nitrogens with one attached hydrogen (secondary N) is 1. The Morgan fingerprint density at radius 2 is 1.25 bits per heavy atom. The van der Waals surface area contributed by atoms with Gasteiger partial charge in [-0.05, 0) is 30.7 Å². The summed E-state index contributed by atoms with van der Waals surface area (Å²) in [5.41, 5.74) is 0.823. The summed E-state index contributed by atoms with van der Waals surface area (Å²) < 4.78 is 0. The molecule has 0 unspecified atom stereocenters. The zero-order chi connectivity index (χ0) is 17.5. The standard InChI is InChI=1S/C21H34ClNO/c1-2-3-4-5-6-7-8-9-10-11-12-13-14-21(24)23-20-17-15-19(22)16-18-20/h15-18H,2-14H2,1H3,(H,23,24). The van der Waals surface area contributed by atoms with Crippen LogP contribution in [-0.4, -0.2) is 5.91 Å². The van der Waals surface area contributed by atoms with Crippen molar-refractivity contribution in [3.63, 3.8) is 0 Å². The summed E-state index contributed by atoms with van der Waals surface area (Å²) in [5, 5.41) is 3.60. The molecule has 0 saturated carbocycles. The van der Waals surface area contributed by atoms with Gasteiger partial charge < -0.3 is 5.32 Å². The van der Waals surface area contributed by atoms with Crippen molar-refractivity contribution in [2.24, 2.45) is 0 Å². The number of hydrogen-bond acceptors (Lipinski definition) is 1. The molecule has 0 bridgehead atoms. The van der Waals surface area contributed by atoms with Gasteiger partial charge in [0.15, 0.2) is 0 Å². The minimum absolute atomic E-state index is 0.101. The van der Waals surface area contributed by atoms with E-state index in [0.717, 1.165) is 18.5 Å². The molecule has 136 valence electrons. The average molecular weight is 352 g/mol. The molecule has 24 heavy (non-hydrogen) atoms. The molecule has 0 fully saturated rings. The first-order valence-corrected chi connectivity index (χ1v) is 10.2. The Labute approximate surface area is 153 Å². The number of hydrogen-bond donors (Lipinski definition) is 1. The van der Waals surface area contributed by atoms with Crippen LogP contribution in [0.2, 0.25) is 5.02 Å². The van der Waals surface area contributed by atoms with Crippen molar-refractivity contribution in [1.82, 2.24) is 0 Å². The number of amides is 1. The van der Waals surface area contributed by atoms with Crippen LogP contribution in [0.3, 0.4) is 0 Å². The minimum atomic E-state index is 0.101. The molecule has 0 spiro atoms. The number of halogens is 1. The number of carbonyl (C=O) groups is 1. The fourth-order valence-electron chi connectivity index (χ4n) is 2.88. The average Bonchev–Trinajstić information content (AvgIpc) is 2.58. The number of unbranched alkanes of at least 4 members (excludes halogenated alkanes) is 11. The normalized spacial score (nSPS) is 10.8. The molecule has 1 rings (SSSR count). The van der Waals surface area contributed by atoms with Crippen LogP contribution in [0.4, 0.5) is 5.69 Å². The van der Waals surface area contributed by atoms with Crippen molar-refractivity contribution in [1.29, 1.82) is 0 Å². The molecule has 3 heteroatoms. The topological polar surface area (TPSA) is 29.1 Å². The maximum absolute atomic E-state index is 11.8. The molecule has 0 aliphatic heterocycles. The molecule has 0 aromatic heterocycles. The van der Waals surface area contributed by atoms with E-state index < -0.39 is 0 Å². The van der Waals surface area contributed by atoms with Gasteiger partial charge in [-0.25, -0.2) is 0 Å². The van der Waals surface area contributed by atoms with Gasteiger partial charge in [-0.2, -0.15) is 0 Å². The number of carbonyl (C=O) groups excluding carboxylic acids is 1. The number of anilines is 1. The number of benzene rings is 1. The van der Waals surface area contributed by atoms with Gasteiger partial charge in [-0.3, -0.25) is 4.79 Å². The van der Waals surface area contributed by atoms with Crippen LogP contribution in [0.25, 0.3) is 0 Å². The van der Waals surface area contributed by atoms with E-state index in [-0.39, 0.29) is 5.91 Å². The molecule has 2 nitrogen and oxygen atoms in total. The summed E-state index contributed by atoms with van der Waals surface area (Å²) in [5.74, 6) is 0.101. The molecular formula is C21H34ClNO. The lowest BCUT2D eigenvalue weighted by Crippen LogP contribution is -2.10. The molecule has 0 saturated heterocycles. The Morgan fingerprint density at radius 3 is 1.75 bits per heavy atom. The van der Waals surface area contributed by atoms with E-state index in [1.807, 2.05) is 12.1 Å². The van der Waals surface area contributed by atoms with Crippen molar-refractivity contribution in [2.75, 3.05) is 5.32 Å². The third-order valence-corrected chi connectivity index (χ3v) is 4.64. The molecule has 1 aromatic rings. The van der Waals surface area contributed by atoms with Crippen LogP contribution in [0.5, 0.6) is 0 Å². The lowest BCUT2D eigenvalue weighted by molar-refractivity contribution is -0.116. The zero-order valence-corrected chi connectivity index (χ0v) is 16.0. The second-order valence-electron chi connectivity index (χ2n) is 6.69. The molecule has 1 N–H and O–H groups in total. The van der Waals surface area contributed by atoms with Crippen molar-refractivity contribution >= 4 is 23.2 Å².